The molecule has 1 unspecified atom stereocenters. The number of halogens is 1. The van der Waals surface area contributed by atoms with Crippen molar-refractivity contribution >= 4 is 17.5 Å². The Labute approximate surface area is 183 Å². The fourth-order valence-electron chi connectivity index (χ4n) is 3.67. The Hall–Kier alpha value is -2.28. The van der Waals surface area contributed by atoms with Gasteiger partial charge in [0, 0.05) is 37.8 Å². The molecule has 0 saturated carbocycles. The Morgan fingerprint density at radius 3 is 2.50 bits per heavy atom. The average Bonchev–Trinajstić information content (AvgIpc) is 2.77. The average molecular weight is 433 g/mol. The minimum Gasteiger partial charge on any atom is -0.493 e. The summed E-state index contributed by atoms with van der Waals surface area (Å²) >= 11 is 6.36. The summed E-state index contributed by atoms with van der Waals surface area (Å²) in [6, 6.07) is 13.3. The molecule has 1 heterocycles. The molecule has 2 aromatic carbocycles. The fraction of sp³-hybridized carbons (Fsp3) is 0.435. The molecule has 1 amide bonds. The second kappa shape index (κ2) is 10.7. The Balaban J connectivity index is 1.88. The number of carbonyl (C=O) groups excluding carboxylic acids is 1. The van der Waals surface area contributed by atoms with E-state index in [9.17, 15) is 4.79 Å². The van der Waals surface area contributed by atoms with E-state index < -0.39 is 0 Å². The Kier molecular flexibility index (Phi) is 7.96. The molecular formula is C23H29ClN2O4. The van der Waals surface area contributed by atoms with Gasteiger partial charge >= 0.3 is 0 Å². The van der Waals surface area contributed by atoms with Crippen molar-refractivity contribution in [3.8, 4) is 11.5 Å². The van der Waals surface area contributed by atoms with Gasteiger partial charge in [0.05, 0.1) is 32.5 Å². The second-order valence-corrected chi connectivity index (χ2v) is 7.78. The molecule has 1 atom stereocenters. The highest BCUT2D eigenvalue weighted by atomic mass is 35.5. The lowest BCUT2D eigenvalue weighted by atomic mass is 10.1. The first-order valence-corrected chi connectivity index (χ1v) is 10.5. The minimum absolute atomic E-state index is 0.00248. The highest BCUT2D eigenvalue weighted by molar-refractivity contribution is 6.32. The van der Waals surface area contributed by atoms with Crippen LogP contribution in [-0.2, 0) is 11.3 Å². The van der Waals surface area contributed by atoms with Crippen molar-refractivity contribution in [1.29, 1.82) is 0 Å². The highest BCUT2D eigenvalue weighted by Crippen LogP contribution is 2.36. The molecule has 2 aromatic rings. The molecule has 0 bridgehead atoms. The lowest BCUT2D eigenvalue weighted by molar-refractivity contribution is 0.0228. The predicted octanol–water partition coefficient (Wildman–Crippen LogP) is 3.72. The lowest BCUT2D eigenvalue weighted by Crippen LogP contribution is -2.48. The molecule has 0 spiro atoms. The molecular weight excluding hydrogens is 404 g/mol. The van der Waals surface area contributed by atoms with Crippen LogP contribution in [0.4, 0.5) is 0 Å². The number of amides is 1. The van der Waals surface area contributed by atoms with Gasteiger partial charge in [0.15, 0.2) is 11.5 Å². The zero-order chi connectivity index (χ0) is 21.5. The summed E-state index contributed by atoms with van der Waals surface area (Å²) in [6.45, 7) is 6.58. The normalized spacial score (nSPS) is 15.5. The van der Waals surface area contributed by atoms with Crippen molar-refractivity contribution in [2.45, 2.75) is 19.5 Å². The van der Waals surface area contributed by atoms with Gasteiger partial charge in [-0.05, 0) is 24.6 Å². The zero-order valence-corrected chi connectivity index (χ0v) is 18.5. The molecule has 162 valence electrons. The van der Waals surface area contributed by atoms with Gasteiger partial charge in [-0.2, -0.15) is 0 Å². The van der Waals surface area contributed by atoms with E-state index in [1.165, 1.54) is 14.2 Å². The molecule has 1 aliphatic rings. The van der Waals surface area contributed by atoms with Crippen LogP contribution in [0.25, 0.3) is 0 Å². The minimum atomic E-state index is -0.0949. The molecule has 6 nitrogen and oxygen atoms in total. The van der Waals surface area contributed by atoms with Crippen LogP contribution in [0.3, 0.4) is 0 Å². The maximum atomic E-state index is 13.6. The number of methoxy groups -OCH3 is 2. The summed E-state index contributed by atoms with van der Waals surface area (Å²) < 4.78 is 16.1. The van der Waals surface area contributed by atoms with E-state index in [1.54, 1.807) is 12.1 Å². The standard InChI is InChI=1S/C23H29ClN2O4/c1-17(15-25-9-11-30-12-10-25)26(16-18-7-5-4-6-8-18)23(27)19-13-20(24)22(29-3)21(14-19)28-2/h4-8,13-14,17H,9-12,15-16H2,1-3H3. The third-order valence-corrected chi connectivity index (χ3v) is 5.58. The summed E-state index contributed by atoms with van der Waals surface area (Å²) in [5.41, 5.74) is 1.55. The van der Waals surface area contributed by atoms with Crippen LogP contribution in [0.5, 0.6) is 11.5 Å². The fourth-order valence-corrected chi connectivity index (χ4v) is 3.96. The van der Waals surface area contributed by atoms with Crippen LogP contribution < -0.4 is 9.47 Å². The summed E-state index contributed by atoms with van der Waals surface area (Å²) in [7, 11) is 3.06. The molecule has 1 aliphatic heterocycles. The van der Waals surface area contributed by atoms with Crippen LogP contribution in [0.1, 0.15) is 22.8 Å². The van der Waals surface area contributed by atoms with E-state index >= 15 is 0 Å². The van der Waals surface area contributed by atoms with Crippen LogP contribution in [0.15, 0.2) is 42.5 Å². The smallest absolute Gasteiger partial charge is 0.254 e. The van der Waals surface area contributed by atoms with Gasteiger partial charge in [0.1, 0.15) is 0 Å². The van der Waals surface area contributed by atoms with Crippen molar-refractivity contribution in [3.63, 3.8) is 0 Å². The number of hydrogen-bond acceptors (Lipinski definition) is 5. The number of hydrogen-bond donors (Lipinski definition) is 0. The van der Waals surface area contributed by atoms with E-state index in [-0.39, 0.29) is 11.9 Å². The molecule has 1 fully saturated rings. The van der Waals surface area contributed by atoms with E-state index in [0.29, 0.717) is 28.6 Å². The number of ether oxygens (including phenoxy) is 3. The lowest BCUT2D eigenvalue weighted by Gasteiger charge is -2.35. The third-order valence-electron chi connectivity index (χ3n) is 5.30. The van der Waals surface area contributed by atoms with E-state index in [0.717, 1.165) is 38.4 Å². The molecule has 0 aliphatic carbocycles. The van der Waals surface area contributed by atoms with Gasteiger partial charge in [-0.15, -0.1) is 0 Å². The van der Waals surface area contributed by atoms with Gasteiger partial charge in [-0.1, -0.05) is 41.9 Å². The van der Waals surface area contributed by atoms with E-state index in [1.807, 2.05) is 35.2 Å². The third kappa shape index (κ3) is 5.45. The molecule has 1 saturated heterocycles. The van der Waals surface area contributed by atoms with Gasteiger partial charge < -0.3 is 19.1 Å². The topological polar surface area (TPSA) is 51.2 Å². The van der Waals surface area contributed by atoms with Crippen LogP contribution in [0, 0.1) is 0 Å². The van der Waals surface area contributed by atoms with Crippen LogP contribution >= 0.6 is 11.6 Å². The Bertz CT molecular complexity index is 841. The maximum absolute atomic E-state index is 13.6. The first-order valence-electron chi connectivity index (χ1n) is 10.1. The molecule has 0 aromatic heterocycles. The zero-order valence-electron chi connectivity index (χ0n) is 17.8. The van der Waals surface area contributed by atoms with Gasteiger partial charge in [-0.3, -0.25) is 9.69 Å². The number of carbonyl (C=O) groups is 1. The monoisotopic (exact) mass is 432 g/mol. The summed E-state index contributed by atoms with van der Waals surface area (Å²) in [4.78, 5) is 17.8. The summed E-state index contributed by atoms with van der Waals surface area (Å²) in [5.74, 6) is 0.767. The molecule has 7 heteroatoms. The Morgan fingerprint density at radius 2 is 1.87 bits per heavy atom. The van der Waals surface area contributed by atoms with E-state index in [4.69, 9.17) is 25.8 Å². The number of morpholine rings is 1. The second-order valence-electron chi connectivity index (χ2n) is 7.37. The van der Waals surface area contributed by atoms with Crippen molar-refractivity contribution in [2.24, 2.45) is 0 Å². The summed E-state index contributed by atoms with van der Waals surface area (Å²) in [5, 5.41) is 0.348. The quantitative estimate of drug-likeness (QED) is 0.636. The van der Waals surface area contributed by atoms with Gasteiger partial charge in [0.25, 0.3) is 5.91 Å². The largest absolute Gasteiger partial charge is 0.493 e. The van der Waals surface area contributed by atoms with Crippen molar-refractivity contribution in [1.82, 2.24) is 9.80 Å². The summed E-state index contributed by atoms with van der Waals surface area (Å²) in [6.07, 6.45) is 0. The van der Waals surface area contributed by atoms with Gasteiger partial charge in [-0.25, -0.2) is 0 Å². The van der Waals surface area contributed by atoms with Crippen molar-refractivity contribution < 1.29 is 19.0 Å². The highest BCUT2D eigenvalue weighted by Gasteiger charge is 2.26. The predicted molar refractivity (Wildman–Crippen MR) is 118 cm³/mol. The van der Waals surface area contributed by atoms with Crippen LogP contribution in [0.2, 0.25) is 5.02 Å². The Morgan fingerprint density at radius 1 is 1.17 bits per heavy atom. The first kappa shape index (κ1) is 22.4. The number of nitrogens with zero attached hydrogens (tertiary/aromatic N) is 2. The van der Waals surface area contributed by atoms with E-state index in [2.05, 4.69) is 11.8 Å². The SMILES string of the molecule is COc1cc(C(=O)N(Cc2ccccc2)C(C)CN2CCOCC2)cc(Cl)c1OC. The molecule has 0 radical (unpaired) electrons. The maximum Gasteiger partial charge on any atom is 0.254 e. The number of benzene rings is 2. The van der Waals surface area contributed by atoms with Crippen molar-refractivity contribution in [2.75, 3.05) is 47.1 Å². The van der Waals surface area contributed by atoms with Gasteiger partial charge in [0.2, 0.25) is 0 Å². The molecule has 30 heavy (non-hydrogen) atoms. The van der Waals surface area contributed by atoms with Crippen molar-refractivity contribution in [3.05, 3.63) is 58.6 Å². The number of rotatable bonds is 8. The molecule has 0 N–H and O–H groups in total. The first-order chi connectivity index (χ1) is 14.5. The molecule has 3 rings (SSSR count). The van der Waals surface area contributed by atoms with Crippen LogP contribution in [-0.4, -0.2) is 68.8 Å².